The topological polar surface area (TPSA) is 81.8 Å². The van der Waals surface area contributed by atoms with Gasteiger partial charge in [0.05, 0.1) is 0 Å². The van der Waals surface area contributed by atoms with Gasteiger partial charge in [-0.25, -0.2) is 4.79 Å². The summed E-state index contributed by atoms with van der Waals surface area (Å²) in [4.78, 5) is 40.5. The molecule has 144 valence electrons. The van der Waals surface area contributed by atoms with E-state index in [9.17, 15) is 14.4 Å². The molecule has 2 saturated heterocycles. The molecule has 0 aromatic heterocycles. The lowest BCUT2D eigenvalue weighted by molar-refractivity contribution is -0.135. The smallest absolute Gasteiger partial charge is 0.325 e. The molecule has 1 aliphatic carbocycles. The molecule has 3 aliphatic rings. The molecular formula is C20H26N4O3. The molecule has 27 heavy (non-hydrogen) atoms. The number of rotatable bonds is 6. The summed E-state index contributed by atoms with van der Waals surface area (Å²) in [6.45, 7) is 4.12. The van der Waals surface area contributed by atoms with Crippen molar-refractivity contribution in [3.8, 4) is 0 Å². The summed E-state index contributed by atoms with van der Waals surface area (Å²) >= 11 is 0. The maximum atomic E-state index is 12.6. The van der Waals surface area contributed by atoms with Gasteiger partial charge in [-0.15, -0.1) is 0 Å². The van der Waals surface area contributed by atoms with E-state index in [2.05, 4.69) is 27.7 Å². The zero-order valence-corrected chi connectivity index (χ0v) is 15.6. The lowest BCUT2D eigenvalue weighted by Gasteiger charge is -2.21. The number of nitrogens with one attached hydrogen (secondary N) is 2. The Kier molecular flexibility index (Phi) is 4.63. The van der Waals surface area contributed by atoms with Crippen molar-refractivity contribution in [1.29, 1.82) is 0 Å². The molecular weight excluding hydrogens is 344 g/mol. The predicted octanol–water partition coefficient (Wildman–Crippen LogP) is 1.10. The Bertz CT molecular complexity index is 749. The van der Waals surface area contributed by atoms with Crippen LogP contribution < -0.4 is 10.6 Å². The van der Waals surface area contributed by atoms with E-state index in [1.54, 1.807) is 6.92 Å². The van der Waals surface area contributed by atoms with Crippen LogP contribution in [-0.4, -0.2) is 58.9 Å². The first-order valence-corrected chi connectivity index (χ1v) is 9.65. The van der Waals surface area contributed by atoms with Crippen molar-refractivity contribution in [2.24, 2.45) is 5.92 Å². The van der Waals surface area contributed by atoms with Crippen LogP contribution in [0.5, 0.6) is 0 Å². The highest BCUT2D eigenvalue weighted by atomic mass is 16.2. The Balaban J connectivity index is 1.27. The quantitative estimate of drug-likeness (QED) is 0.735. The summed E-state index contributed by atoms with van der Waals surface area (Å²) in [5.41, 5.74) is 0.417. The first kappa shape index (κ1) is 18.0. The number of amides is 4. The van der Waals surface area contributed by atoms with Gasteiger partial charge in [-0.05, 0) is 37.7 Å². The predicted molar refractivity (Wildman–Crippen MR) is 99.6 cm³/mol. The highest BCUT2D eigenvalue weighted by molar-refractivity contribution is 6.09. The molecule has 4 rings (SSSR count). The van der Waals surface area contributed by atoms with Crippen molar-refractivity contribution >= 4 is 17.8 Å². The number of likely N-dealkylation sites (tertiary alicyclic amines) is 1. The molecule has 2 N–H and O–H groups in total. The lowest BCUT2D eigenvalue weighted by atomic mass is 9.96. The monoisotopic (exact) mass is 370 g/mol. The minimum Gasteiger partial charge on any atom is -0.350 e. The van der Waals surface area contributed by atoms with E-state index < -0.39 is 11.6 Å². The van der Waals surface area contributed by atoms with E-state index in [-0.39, 0.29) is 30.3 Å². The second-order valence-electron chi connectivity index (χ2n) is 8.07. The molecule has 7 nitrogen and oxygen atoms in total. The minimum absolute atomic E-state index is 0.0526. The molecule has 7 heteroatoms. The van der Waals surface area contributed by atoms with Gasteiger partial charge in [0.1, 0.15) is 12.1 Å². The fourth-order valence-electron chi connectivity index (χ4n) is 4.15. The van der Waals surface area contributed by atoms with Gasteiger partial charge in [0.15, 0.2) is 0 Å². The molecule has 3 fully saturated rings. The van der Waals surface area contributed by atoms with Crippen molar-refractivity contribution in [3.05, 3.63) is 35.9 Å². The number of nitrogens with zero attached hydrogens (tertiary/aromatic N) is 2. The van der Waals surface area contributed by atoms with Crippen molar-refractivity contribution in [2.75, 3.05) is 19.6 Å². The molecule has 0 spiro atoms. The standard InChI is InChI=1S/C20H26N4O3/c1-20(15-7-8-15)18(26)24(19(27)22-20)13-17(25)21-16-9-10-23(12-16)11-14-5-3-2-4-6-14/h2-6,15-16H,7-13H2,1H3,(H,21,25)(H,22,27)/t16-,20-/m0/s1. The molecule has 0 radical (unpaired) electrons. The van der Waals surface area contributed by atoms with E-state index in [1.165, 1.54) is 5.56 Å². The maximum Gasteiger partial charge on any atom is 0.325 e. The molecule has 2 aliphatic heterocycles. The zero-order valence-electron chi connectivity index (χ0n) is 15.6. The highest BCUT2D eigenvalue weighted by Gasteiger charge is 2.56. The largest absolute Gasteiger partial charge is 0.350 e. The number of hydrogen-bond donors (Lipinski definition) is 2. The van der Waals surface area contributed by atoms with Crippen molar-refractivity contribution in [2.45, 2.75) is 44.3 Å². The van der Waals surface area contributed by atoms with Crippen molar-refractivity contribution < 1.29 is 14.4 Å². The Labute approximate surface area is 159 Å². The van der Waals surface area contributed by atoms with Gasteiger partial charge in [-0.1, -0.05) is 30.3 Å². The number of urea groups is 1. The van der Waals surface area contributed by atoms with E-state index in [4.69, 9.17) is 0 Å². The van der Waals surface area contributed by atoms with E-state index in [0.29, 0.717) is 0 Å². The Morgan fingerprint density at radius 2 is 1.96 bits per heavy atom. The van der Waals surface area contributed by atoms with Crippen LogP contribution in [0.2, 0.25) is 0 Å². The molecule has 2 atom stereocenters. The number of imide groups is 1. The molecule has 1 saturated carbocycles. The third kappa shape index (κ3) is 3.69. The molecule has 0 unspecified atom stereocenters. The summed E-state index contributed by atoms with van der Waals surface area (Å²) in [5, 5.41) is 5.75. The van der Waals surface area contributed by atoms with E-state index >= 15 is 0 Å². The van der Waals surface area contributed by atoms with Crippen LogP contribution in [0.3, 0.4) is 0 Å². The fraction of sp³-hybridized carbons (Fsp3) is 0.550. The highest BCUT2D eigenvalue weighted by Crippen LogP contribution is 2.42. The summed E-state index contributed by atoms with van der Waals surface area (Å²) in [5.74, 6) is -0.351. The van der Waals surface area contributed by atoms with Gasteiger partial charge >= 0.3 is 6.03 Å². The van der Waals surface area contributed by atoms with Crippen LogP contribution in [0.15, 0.2) is 30.3 Å². The van der Waals surface area contributed by atoms with Crippen LogP contribution in [-0.2, 0) is 16.1 Å². The van der Waals surface area contributed by atoms with Crippen molar-refractivity contribution in [1.82, 2.24) is 20.4 Å². The van der Waals surface area contributed by atoms with Gasteiger partial charge < -0.3 is 10.6 Å². The lowest BCUT2D eigenvalue weighted by Crippen LogP contribution is -2.48. The molecule has 4 amide bonds. The number of hydrogen-bond acceptors (Lipinski definition) is 4. The van der Waals surface area contributed by atoms with Crippen LogP contribution in [0.1, 0.15) is 31.7 Å². The third-order valence-corrected chi connectivity index (χ3v) is 5.88. The third-order valence-electron chi connectivity index (χ3n) is 5.88. The maximum absolute atomic E-state index is 12.6. The summed E-state index contributed by atoms with van der Waals surface area (Å²) in [6, 6.07) is 9.84. The Morgan fingerprint density at radius 1 is 1.22 bits per heavy atom. The normalized spacial score (nSPS) is 28.5. The molecule has 1 aromatic rings. The number of carbonyl (C=O) groups is 3. The SMILES string of the molecule is C[C@@]1(C2CC2)NC(=O)N(CC(=O)N[C@H]2CCN(Cc3ccccc3)C2)C1=O. The second-order valence-corrected chi connectivity index (χ2v) is 8.07. The number of benzene rings is 1. The first-order chi connectivity index (χ1) is 13.0. The second kappa shape index (κ2) is 6.96. The average Bonchev–Trinajstić information content (AvgIpc) is 3.38. The van der Waals surface area contributed by atoms with Gasteiger partial charge in [0.2, 0.25) is 5.91 Å². The van der Waals surface area contributed by atoms with Crippen LogP contribution in [0.4, 0.5) is 4.79 Å². The summed E-state index contributed by atoms with van der Waals surface area (Å²) in [6.07, 6.45) is 2.77. The van der Waals surface area contributed by atoms with E-state index in [1.807, 2.05) is 18.2 Å². The minimum atomic E-state index is -0.836. The fourth-order valence-corrected chi connectivity index (χ4v) is 4.15. The number of carbonyl (C=O) groups excluding carboxylic acids is 3. The zero-order chi connectivity index (χ0) is 19.0. The van der Waals surface area contributed by atoms with Crippen molar-refractivity contribution in [3.63, 3.8) is 0 Å². The summed E-state index contributed by atoms with van der Waals surface area (Å²) in [7, 11) is 0. The average molecular weight is 370 g/mol. The van der Waals surface area contributed by atoms with Gasteiger partial charge in [0.25, 0.3) is 5.91 Å². The first-order valence-electron chi connectivity index (χ1n) is 9.65. The Morgan fingerprint density at radius 3 is 2.67 bits per heavy atom. The molecule has 0 bridgehead atoms. The summed E-state index contributed by atoms with van der Waals surface area (Å²) < 4.78 is 0. The molecule has 1 aromatic carbocycles. The van der Waals surface area contributed by atoms with Gasteiger partial charge in [-0.2, -0.15) is 0 Å². The van der Waals surface area contributed by atoms with Gasteiger partial charge in [-0.3, -0.25) is 19.4 Å². The molecule has 2 heterocycles. The van der Waals surface area contributed by atoms with Crippen LogP contribution >= 0.6 is 0 Å². The van der Waals surface area contributed by atoms with Crippen LogP contribution in [0.25, 0.3) is 0 Å². The van der Waals surface area contributed by atoms with Crippen LogP contribution in [0, 0.1) is 5.92 Å². The van der Waals surface area contributed by atoms with E-state index in [0.717, 1.165) is 43.8 Å². The van der Waals surface area contributed by atoms with Gasteiger partial charge in [0, 0.05) is 25.7 Å². The Hall–Kier alpha value is -2.41.